The molecule has 140 valence electrons. The lowest BCUT2D eigenvalue weighted by atomic mass is 9.74. The molecule has 0 aliphatic heterocycles. The summed E-state index contributed by atoms with van der Waals surface area (Å²) in [7, 11) is 4.87. The van der Waals surface area contributed by atoms with Gasteiger partial charge in [0.1, 0.15) is 11.5 Å². The van der Waals surface area contributed by atoms with Crippen molar-refractivity contribution in [1.82, 2.24) is 0 Å². The average molecular weight is 348 g/mol. The largest absolute Gasteiger partial charge is 0.496 e. The van der Waals surface area contributed by atoms with E-state index in [4.69, 9.17) is 14.2 Å². The monoisotopic (exact) mass is 348 g/mol. The van der Waals surface area contributed by atoms with Crippen molar-refractivity contribution in [3.05, 3.63) is 23.3 Å². The van der Waals surface area contributed by atoms with Gasteiger partial charge >= 0.3 is 5.97 Å². The first-order valence-electron chi connectivity index (χ1n) is 9.48. The van der Waals surface area contributed by atoms with Crippen molar-refractivity contribution in [2.75, 3.05) is 21.3 Å². The smallest absolute Gasteiger partial charge is 0.309 e. The minimum Gasteiger partial charge on any atom is -0.496 e. The third kappa shape index (κ3) is 4.68. The summed E-state index contributed by atoms with van der Waals surface area (Å²) in [6.07, 6.45) is 8.61. The van der Waals surface area contributed by atoms with Crippen molar-refractivity contribution in [1.29, 1.82) is 0 Å². The Balaban J connectivity index is 2.38. The Morgan fingerprint density at radius 2 is 1.68 bits per heavy atom. The average Bonchev–Trinajstić information content (AvgIpc) is 2.66. The van der Waals surface area contributed by atoms with Crippen LogP contribution in [0.15, 0.2) is 12.1 Å². The lowest BCUT2D eigenvalue weighted by Gasteiger charge is -2.32. The van der Waals surface area contributed by atoms with Gasteiger partial charge in [-0.05, 0) is 43.4 Å². The number of carbonyl (C=O) groups is 1. The molecular weight excluding hydrogens is 316 g/mol. The number of benzene rings is 1. The second kappa shape index (κ2) is 9.69. The van der Waals surface area contributed by atoms with E-state index >= 15 is 0 Å². The van der Waals surface area contributed by atoms with Crippen LogP contribution >= 0.6 is 0 Å². The fourth-order valence-electron chi connectivity index (χ4n) is 3.99. The lowest BCUT2D eigenvalue weighted by Crippen LogP contribution is -2.27. The van der Waals surface area contributed by atoms with E-state index in [1.165, 1.54) is 25.5 Å². The summed E-state index contributed by atoms with van der Waals surface area (Å²) in [6.45, 7) is 2.21. The number of methoxy groups -OCH3 is 3. The van der Waals surface area contributed by atoms with E-state index < -0.39 is 0 Å². The molecule has 0 radical (unpaired) electrons. The minimum absolute atomic E-state index is 0.0933. The third-order valence-electron chi connectivity index (χ3n) is 5.31. The number of carbonyl (C=O) groups excluding carboxylic acids is 1. The van der Waals surface area contributed by atoms with E-state index in [0.717, 1.165) is 55.6 Å². The zero-order chi connectivity index (χ0) is 18.2. The quantitative estimate of drug-likeness (QED) is 0.496. The fourth-order valence-corrected chi connectivity index (χ4v) is 3.99. The fraction of sp³-hybridized carbons (Fsp3) is 0.667. The van der Waals surface area contributed by atoms with Crippen LogP contribution in [0.1, 0.15) is 68.9 Å². The topological polar surface area (TPSA) is 44.8 Å². The summed E-state index contributed by atoms with van der Waals surface area (Å²) in [6, 6.07) is 4.24. The number of ether oxygens (including phenoxy) is 3. The second-order valence-electron chi connectivity index (χ2n) is 6.89. The molecule has 2 rings (SSSR count). The molecule has 0 amide bonds. The van der Waals surface area contributed by atoms with Crippen LogP contribution < -0.4 is 9.47 Å². The molecule has 4 heteroatoms. The van der Waals surface area contributed by atoms with Crippen molar-refractivity contribution < 1.29 is 19.0 Å². The molecule has 0 aromatic heterocycles. The third-order valence-corrected chi connectivity index (χ3v) is 5.31. The van der Waals surface area contributed by atoms with E-state index in [9.17, 15) is 4.79 Å². The molecule has 0 spiro atoms. The Hall–Kier alpha value is -1.71. The molecule has 1 saturated carbocycles. The maximum atomic E-state index is 12.3. The van der Waals surface area contributed by atoms with Crippen LogP contribution in [0.2, 0.25) is 0 Å². The summed E-state index contributed by atoms with van der Waals surface area (Å²) in [5.74, 6) is 1.53. The molecule has 4 nitrogen and oxygen atoms in total. The summed E-state index contributed by atoms with van der Waals surface area (Å²) in [4.78, 5) is 12.3. The first-order valence-corrected chi connectivity index (χ1v) is 9.48. The summed E-state index contributed by atoms with van der Waals surface area (Å²) in [5.41, 5.74) is 2.26. The lowest BCUT2D eigenvalue weighted by molar-refractivity contribution is -0.147. The van der Waals surface area contributed by atoms with E-state index in [-0.39, 0.29) is 17.8 Å². The predicted octanol–water partition coefficient (Wildman–Crippen LogP) is 4.88. The molecule has 1 aliphatic rings. The van der Waals surface area contributed by atoms with Gasteiger partial charge in [0.25, 0.3) is 0 Å². The van der Waals surface area contributed by atoms with E-state index in [0.29, 0.717) is 0 Å². The number of hydrogen-bond acceptors (Lipinski definition) is 4. The predicted molar refractivity (Wildman–Crippen MR) is 99.5 cm³/mol. The van der Waals surface area contributed by atoms with Crippen LogP contribution in [0.4, 0.5) is 0 Å². The van der Waals surface area contributed by atoms with Crippen LogP contribution in [-0.2, 0) is 16.0 Å². The standard InChI is InChI=1S/C21H32O4/c1-5-6-7-10-15-13-18(23-2)20(19(14-15)24-3)16-11-8-9-12-17(16)21(22)25-4/h13-14,16-17H,5-12H2,1-4H3/t16-,17-/m1/s1. The summed E-state index contributed by atoms with van der Waals surface area (Å²) in [5, 5.41) is 0. The van der Waals surface area contributed by atoms with Gasteiger partial charge in [0.05, 0.1) is 27.2 Å². The highest BCUT2D eigenvalue weighted by molar-refractivity contribution is 5.74. The maximum absolute atomic E-state index is 12.3. The van der Waals surface area contributed by atoms with Crippen LogP contribution in [0.3, 0.4) is 0 Å². The van der Waals surface area contributed by atoms with Crippen molar-refractivity contribution >= 4 is 5.97 Å². The first-order chi connectivity index (χ1) is 12.2. The molecule has 0 heterocycles. The van der Waals surface area contributed by atoms with Crippen molar-refractivity contribution in [3.63, 3.8) is 0 Å². The number of hydrogen-bond donors (Lipinski definition) is 0. The molecule has 2 atom stereocenters. The molecule has 0 N–H and O–H groups in total. The molecule has 1 aromatic carbocycles. The van der Waals surface area contributed by atoms with Gasteiger partial charge in [-0.2, -0.15) is 0 Å². The van der Waals surface area contributed by atoms with Gasteiger partial charge in [-0.15, -0.1) is 0 Å². The van der Waals surface area contributed by atoms with Gasteiger partial charge in [0.15, 0.2) is 0 Å². The van der Waals surface area contributed by atoms with Crippen LogP contribution in [-0.4, -0.2) is 27.3 Å². The Morgan fingerprint density at radius 1 is 1.04 bits per heavy atom. The van der Waals surface area contributed by atoms with Crippen LogP contribution in [0.25, 0.3) is 0 Å². The Morgan fingerprint density at radius 3 is 2.24 bits per heavy atom. The maximum Gasteiger partial charge on any atom is 0.309 e. The van der Waals surface area contributed by atoms with E-state index in [2.05, 4.69) is 19.1 Å². The van der Waals surface area contributed by atoms with Crippen LogP contribution in [0.5, 0.6) is 11.5 Å². The number of unbranched alkanes of at least 4 members (excludes halogenated alkanes) is 2. The molecule has 0 bridgehead atoms. The molecule has 1 aromatic rings. The van der Waals surface area contributed by atoms with Gasteiger partial charge in [-0.25, -0.2) is 0 Å². The van der Waals surface area contributed by atoms with Crippen molar-refractivity contribution in [2.45, 2.75) is 64.2 Å². The zero-order valence-corrected chi connectivity index (χ0v) is 16.1. The Bertz CT molecular complexity index is 542. The van der Waals surface area contributed by atoms with Gasteiger partial charge in [-0.1, -0.05) is 32.6 Å². The second-order valence-corrected chi connectivity index (χ2v) is 6.89. The molecule has 25 heavy (non-hydrogen) atoms. The highest BCUT2D eigenvalue weighted by atomic mass is 16.5. The van der Waals surface area contributed by atoms with E-state index in [1.807, 2.05) is 0 Å². The number of esters is 1. The Labute approximate surface area is 151 Å². The molecule has 0 saturated heterocycles. The summed E-state index contributed by atoms with van der Waals surface area (Å²) < 4.78 is 16.5. The number of aryl methyl sites for hydroxylation is 1. The molecular formula is C21H32O4. The first kappa shape index (κ1) is 19.6. The Kier molecular flexibility index (Phi) is 7.60. The van der Waals surface area contributed by atoms with E-state index in [1.54, 1.807) is 14.2 Å². The number of rotatable bonds is 8. The van der Waals surface area contributed by atoms with Gasteiger partial charge in [0, 0.05) is 11.5 Å². The van der Waals surface area contributed by atoms with Crippen molar-refractivity contribution in [2.24, 2.45) is 5.92 Å². The van der Waals surface area contributed by atoms with Gasteiger partial charge in [-0.3, -0.25) is 4.79 Å². The highest BCUT2D eigenvalue weighted by Gasteiger charge is 2.36. The SMILES string of the molecule is CCCCCc1cc(OC)c([C@@H]2CCCC[C@H]2C(=O)OC)c(OC)c1. The summed E-state index contributed by atoms with van der Waals surface area (Å²) >= 11 is 0. The van der Waals surface area contributed by atoms with Gasteiger partial charge in [0.2, 0.25) is 0 Å². The molecule has 0 unspecified atom stereocenters. The molecule has 1 fully saturated rings. The van der Waals surface area contributed by atoms with Gasteiger partial charge < -0.3 is 14.2 Å². The van der Waals surface area contributed by atoms with Crippen molar-refractivity contribution in [3.8, 4) is 11.5 Å². The normalized spacial score (nSPS) is 20.2. The van der Waals surface area contributed by atoms with Crippen LogP contribution in [0, 0.1) is 5.92 Å². The molecule has 1 aliphatic carbocycles. The minimum atomic E-state index is -0.124. The highest BCUT2D eigenvalue weighted by Crippen LogP contribution is 2.46. The zero-order valence-electron chi connectivity index (χ0n) is 16.1.